The number of carboxylic acid groups (broad SMARTS) is 1. The van der Waals surface area contributed by atoms with Crippen molar-refractivity contribution in [3.8, 4) is 11.8 Å². The van der Waals surface area contributed by atoms with Crippen molar-refractivity contribution in [2.45, 2.75) is 12.8 Å². The SMILES string of the molecule is O=C(C#Cc1c(C(=O)O)[nH]c2cc(Cl)cc(Cl)c12)NCC1CC1. The molecule has 0 atom stereocenters. The van der Waals surface area contributed by atoms with E-state index in [1.807, 2.05) is 0 Å². The first-order valence-electron chi connectivity index (χ1n) is 6.99. The zero-order chi connectivity index (χ0) is 16.6. The van der Waals surface area contributed by atoms with Crippen LogP contribution in [-0.4, -0.2) is 28.5 Å². The van der Waals surface area contributed by atoms with Gasteiger partial charge in [0.2, 0.25) is 0 Å². The predicted octanol–water partition coefficient (Wildman–Crippen LogP) is 3.05. The van der Waals surface area contributed by atoms with Crippen molar-refractivity contribution in [3.63, 3.8) is 0 Å². The quantitative estimate of drug-likeness (QED) is 0.744. The van der Waals surface area contributed by atoms with E-state index in [4.69, 9.17) is 23.2 Å². The largest absolute Gasteiger partial charge is 0.477 e. The fourth-order valence-electron chi connectivity index (χ4n) is 2.26. The Morgan fingerprint density at radius 3 is 2.74 bits per heavy atom. The van der Waals surface area contributed by atoms with Crippen LogP contribution in [0.25, 0.3) is 10.9 Å². The molecular formula is C16H12Cl2N2O3. The Kier molecular flexibility index (Phi) is 4.20. The Balaban J connectivity index is 1.99. The highest BCUT2D eigenvalue weighted by atomic mass is 35.5. The number of aromatic carboxylic acids is 1. The summed E-state index contributed by atoms with van der Waals surface area (Å²) in [5, 5.41) is 13.1. The zero-order valence-corrected chi connectivity index (χ0v) is 13.4. The van der Waals surface area contributed by atoms with Gasteiger partial charge >= 0.3 is 5.97 Å². The molecule has 0 bridgehead atoms. The molecule has 3 rings (SSSR count). The van der Waals surface area contributed by atoms with E-state index in [-0.39, 0.29) is 16.3 Å². The van der Waals surface area contributed by atoms with E-state index >= 15 is 0 Å². The van der Waals surface area contributed by atoms with E-state index in [1.165, 1.54) is 6.07 Å². The summed E-state index contributed by atoms with van der Waals surface area (Å²) in [6, 6.07) is 3.07. The molecule has 1 saturated carbocycles. The molecule has 0 aliphatic heterocycles. The van der Waals surface area contributed by atoms with Crippen molar-refractivity contribution in [3.05, 3.63) is 33.4 Å². The number of rotatable bonds is 3. The number of carbonyl (C=O) groups excluding carboxylic acids is 1. The molecule has 1 aromatic heterocycles. The molecule has 1 amide bonds. The average molecular weight is 351 g/mol. The van der Waals surface area contributed by atoms with E-state index in [1.54, 1.807) is 6.07 Å². The Labute approximate surface area is 142 Å². The molecule has 0 saturated heterocycles. The molecule has 23 heavy (non-hydrogen) atoms. The molecule has 5 nitrogen and oxygen atoms in total. The van der Waals surface area contributed by atoms with Crippen LogP contribution in [0.4, 0.5) is 0 Å². The minimum atomic E-state index is -1.18. The highest BCUT2D eigenvalue weighted by Crippen LogP contribution is 2.32. The van der Waals surface area contributed by atoms with Crippen molar-refractivity contribution in [2.75, 3.05) is 6.54 Å². The lowest BCUT2D eigenvalue weighted by Gasteiger charge is -1.98. The molecule has 0 unspecified atom stereocenters. The number of benzene rings is 1. The van der Waals surface area contributed by atoms with Gasteiger partial charge in [-0.3, -0.25) is 4.79 Å². The lowest BCUT2D eigenvalue weighted by atomic mass is 10.1. The van der Waals surface area contributed by atoms with Crippen LogP contribution in [0.2, 0.25) is 10.0 Å². The molecule has 1 heterocycles. The van der Waals surface area contributed by atoms with Crippen LogP contribution in [0.1, 0.15) is 28.9 Å². The number of aromatic amines is 1. The Morgan fingerprint density at radius 2 is 2.09 bits per heavy atom. The molecule has 1 aromatic carbocycles. The summed E-state index contributed by atoms with van der Waals surface area (Å²) in [5.41, 5.74) is 0.519. The zero-order valence-electron chi connectivity index (χ0n) is 11.9. The van der Waals surface area contributed by atoms with Gasteiger partial charge in [-0.05, 0) is 30.9 Å². The Bertz CT molecular complexity index is 873. The number of amides is 1. The lowest BCUT2D eigenvalue weighted by Crippen LogP contribution is -2.23. The van der Waals surface area contributed by atoms with Gasteiger partial charge in [-0.2, -0.15) is 0 Å². The van der Waals surface area contributed by atoms with Gasteiger partial charge in [0.25, 0.3) is 5.91 Å². The molecule has 3 N–H and O–H groups in total. The third kappa shape index (κ3) is 3.44. The van der Waals surface area contributed by atoms with Crippen LogP contribution in [-0.2, 0) is 4.79 Å². The van der Waals surface area contributed by atoms with E-state index in [0.29, 0.717) is 28.4 Å². The molecule has 1 fully saturated rings. The number of aromatic nitrogens is 1. The first-order valence-corrected chi connectivity index (χ1v) is 7.75. The van der Waals surface area contributed by atoms with E-state index in [2.05, 4.69) is 22.1 Å². The maximum atomic E-state index is 11.7. The summed E-state index contributed by atoms with van der Waals surface area (Å²) >= 11 is 12.1. The van der Waals surface area contributed by atoms with Crippen LogP contribution in [0.5, 0.6) is 0 Å². The van der Waals surface area contributed by atoms with Gasteiger partial charge in [-0.15, -0.1) is 0 Å². The van der Waals surface area contributed by atoms with Crippen LogP contribution in [0.15, 0.2) is 12.1 Å². The van der Waals surface area contributed by atoms with Gasteiger partial charge in [0.05, 0.1) is 16.1 Å². The van der Waals surface area contributed by atoms with Gasteiger partial charge in [-0.1, -0.05) is 29.1 Å². The summed E-state index contributed by atoms with van der Waals surface area (Å²) in [6.45, 7) is 0.601. The number of hydrogen-bond acceptors (Lipinski definition) is 2. The summed E-state index contributed by atoms with van der Waals surface area (Å²) in [5.74, 6) is 3.96. The van der Waals surface area contributed by atoms with Gasteiger partial charge in [0.15, 0.2) is 0 Å². The van der Waals surface area contributed by atoms with Crippen LogP contribution >= 0.6 is 23.2 Å². The molecule has 1 aliphatic carbocycles. The fourth-order valence-corrected chi connectivity index (χ4v) is 2.84. The van der Waals surface area contributed by atoms with Gasteiger partial charge in [0, 0.05) is 22.9 Å². The van der Waals surface area contributed by atoms with Crippen molar-refractivity contribution in [1.29, 1.82) is 0 Å². The highest BCUT2D eigenvalue weighted by Gasteiger charge is 2.21. The summed E-state index contributed by atoms with van der Waals surface area (Å²) < 4.78 is 0. The first-order chi connectivity index (χ1) is 11.0. The number of nitrogens with one attached hydrogen (secondary N) is 2. The second-order valence-corrected chi connectivity index (χ2v) is 6.24. The number of H-pyrrole nitrogens is 1. The van der Waals surface area contributed by atoms with E-state index < -0.39 is 11.9 Å². The smallest absolute Gasteiger partial charge is 0.353 e. The third-order valence-electron chi connectivity index (χ3n) is 3.58. The van der Waals surface area contributed by atoms with Crippen molar-refractivity contribution >= 4 is 46.0 Å². The number of carbonyl (C=O) groups is 2. The maximum Gasteiger partial charge on any atom is 0.353 e. The average Bonchev–Trinajstić information content (AvgIpc) is 3.22. The van der Waals surface area contributed by atoms with E-state index in [9.17, 15) is 14.7 Å². The highest BCUT2D eigenvalue weighted by molar-refractivity contribution is 6.39. The number of hydrogen-bond donors (Lipinski definition) is 3. The molecular weight excluding hydrogens is 339 g/mol. The van der Waals surface area contributed by atoms with E-state index in [0.717, 1.165) is 12.8 Å². The van der Waals surface area contributed by atoms with Crippen LogP contribution in [0, 0.1) is 17.8 Å². The van der Waals surface area contributed by atoms with Gasteiger partial charge < -0.3 is 15.4 Å². The first kappa shape index (κ1) is 15.7. The summed E-state index contributed by atoms with van der Waals surface area (Å²) in [7, 11) is 0. The second-order valence-electron chi connectivity index (χ2n) is 5.39. The maximum absolute atomic E-state index is 11.7. The van der Waals surface area contributed by atoms with Gasteiger partial charge in [0.1, 0.15) is 5.69 Å². The van der Waals surface area contributed by atoms with Crippen LogP contribution in [0.3, 0.4) is 0 Å². The fraction of sp³-hybridized carbons (Fsp3) is 0.250. The summed E-state index contributed by atoms with van der Waals surface area (Å²) in [4.78, 5) is 25.8. The normalized spacial score (nSPS) is 13.5. The molecule has 2 aromatic rings. The molecule has 0 spiro atoms. The monoisotopic (exact) mass is 350 g/mol. The molecule has 118 valence electrons. The van der Waals surface area contributed by atoms with Crippen molar-refractivity contribution < 1.29 is 14.7 Å². The standard InChI is InChI=1S/C16H12Cl2N2O3/c17-9-5-11(18)14-10(15(16(22)23)20-12(14)6-9)3-4-13(21)19-7-8-1-2-8/h5-6,8,20H,1-2,7H2,(H,19,21)(H,22,23). The van der Waals surface area contributed by atoms with Crippen molar-refractivity contribution in [2.24, 2.45) is 5.92 Å². The van der Waals surface area contributed by atoms with Crippen LogP contribution < -0.4 is 5.32 Å². The summed E-state index contributed by atoms with van der Waals surface area (Å²) in [6.07, 6.45) is 2.24. The topological polar surface area (TPSA) is 82.2 Å². The Morgan fingerprint density at radius 1 is 1.35 bits per heavy atom. The minimum absolute atomic E-state index is 0.119. The number of halogens is 2. The third-order valence-corrected chi connectivity index (χ3v) is 4.09. The second kappa shape index (κ2) is 6.15. The Hall–Kier alpha value is -2.16. The molecule has 7 heteroatoms. The number of carboxylic acids is 1. The van der Waals surface area contributed by atoms with Crippen molar-refractivity contribution in [1.82, 2.24) is 10.3 Å². The molecule has 0 radical (unpaired) electrons. The molecule has 1 aliphatic rings. The lowest BCUT2D eigenvalue weighted by molar-refractivity contribution is -0.115. The van der Waals surface area contributed by atoms with Gasteiger partial charge in [-0.25, -0.2) is 4.79 Å². The predicted molar refractivity (Wildman–Crippen MR) is 87.9 cm³/mol. The number of fused-ring (bicyclic) bond motifs is 1. The minimum Gasteiger partial charge on any atom is -0.477 e.